The summed E-state index contributed by atoms with van der Waals surface area (Å²) in [6.45, 7) is 1.61. The number of aryl methyl sites for hydroxylation is 1. The minimum atomic E-state index is -1.15. The summed E-state index contributed by atoms with van der Waals surface area (Å²) in [6.07, 6.45) is 0. The Bertz CT molecular complexity index is 584. The molecule has 0 aliphatic carbocycles. The first-order valence-corrected chi connectivity index (χ1v) is 5.34. The lowest BCUT2D eigenvalue weighted by Crippen LogP contribution is -1.96. The minimum absolute atomic E-state index is 0.0965. The summed E-state index contributed by atoms with van der Waals surface area (Å²) < 4.78 is 5.04. The fourth-order valence-electron chi connectivity index (χ4n) is 1.84. The lowest BCUT2D eigenvalue weighted by atomic mass is 10.1. The van der Waals surface area contributed by atoms with Crippen molar-refractivity contribution in [3.8, 4) is 22.8 Å². The molecule has 5 heteroatoms. The van der Waals surface area contributed by atoms with Crippen LogP contribution in [0, 0.1) is 6.92 Å². The van der Waals surface area contributed by atoms with Crippen LogP contribution < -0.4 is 4.74 Å². The number of aromatic carboxylic acids is 1. The van der Waals surface area contributed by atoms with E-state index in [1.807, 2.05) is 0 Å². The van der Waals surface area contributed by atoms with Gasteiger partial charge in [0.25, 0.3) is 0 Å². The van der Waals surface area contributed by atoms with Gasteiger partial charge >= 0.3 is 5.97 Å². The topological polar surface area (TPSA) is 82.6 Å². The van der Waals surface area contributed by atoms with Gasteiger partial charge in [-0.1, -0.05) is 0 Å². The Hall–Kier alpha value is -2.43. The molecule has 1 aromatic heterocycles. The molecule has 1 aromatic carbocycles. The third-order valence-electron chi connectivity index (χ3n) is 2.75. The van der Waals surface area contributed by atoms with E-state index in [2.05, 4.69) is 4.98 Å². The van der Waals surface area contributed by atoms with Crippen molar-refractivity contribution in [2.75, 3.05) is 7.11 Å². The van der Waals surface area contributed by atoms with E-state index in [0.717, 1.165) is 0 Å². The third-order valence-corrected chi connectivity index (χ3v) is 2.75. The van der Waals surface area contributed by atoms with Crippen LogP contribution in [-0.2, 0) is 0 Å². The number of carboxylic acids is 1. The summed E-state index contributed by atoms with van der Waals surface area (Å²) in [5, 5.41) is 18.9. The first-order chi connectivity index (χ1) is 8.54. The van der Waals surface area contributed by atoms with Crippen molar-refractivity contribution in [2.45, 2.75) is 6.92 Å². The molecule has 18 heavy (non-hydrogen) atoms. The van der Waals surface area contributed by atoms with Crippen molar-refractivity contribution in [1.82, 2.24) is 4.98 Å². The highest BCUT2D eigenvalue weighted by Crippen LogP contribution is 2.34. The van der Waals surface area contributed by atoms with Gasteiger partial charge in [0.15, 0.2) is 5.75 Å². The van der Waals surface area contributed by atoms with E-state index in [1.54, 1.807) is 38.3 Å². The molecule has 0 amide bonds. The van der Waals surface area contributed by atoms with Crippen LogP contribution in [0.5, 0.6) is 11.5 Å². The monoisotopic (exact) mass is 247 g/mol. The van der Waals surface area contributed by atoms with Crippen molar-refractivity contribution in [2.24, 2.45) is 0 Å². The second-order valence-corrected chi connectivity index (χ2v) is 3.88. The molecule has 0 aliphatic rings. The number of ether oxygens (including phenoxy) is 1. The van der Waals surface area contributed by atoms with E-state index >= 15 is 0 Å². The number of rotatable bonds is 3. The molecule has 5 nitrogen and oxygen atoms in total. The Morgan fingerprint density at radius 1 is 1.28 bits per heavy atom. The van der Waals surface area contributed by atoms with Gasteiger partial charge in [-0.2, -0.15) is 0 Å². The van der Waals surface area contributed by atoms with Crippen LogP contribution in [0.2, 0.25) is 0 Å². The highest BCUT2D eigenvalue weighted by molar-refractivity contribution is 5.95. The van der Waals surface area contributed by atoms with Gasteiger partial charge in [0.1, 0.15) is 11.3 Å². The number of H-pyrrole nitrogens is 1. The first-order valence-electron chi connectivity index (χ1n) is 5.34. The molecule has 1 heterocycles. The molecule has 0 fully saturated rings. The SMILES string of the molecule is COc1ccc(-c2[nH]c(C)c(C(=O)O)c2O)cc1. The molecule has 3 N–H and O–H groups in total. The standard InChI is InChI=1S/C13H13NO4/c1-7-10(13(16)17)12(15)11(14-7)8-3-5-9(18-2)6-4-8/h3-6,14-15H,1-2H3,(H,16,17). The highest BCUT2D eigenvalue weighted by atomic mass is 16.5. The molecule has 94 valence electrons. The molecular formula is C13H13NO4. The van der Waals surface area contributed by atoms with Crippen molar-refractivity contribution in [3.63, 3.8) is 0 Å². The van der Waals surface area contributed by atoms with Crippen LogP contribution in [0.3, 0.4) is 0 Å². The number of benzene rings is 1. The lowest BCUT2D eigenvalue weighted by Gasteiger charge is -2.02. The molecule has 0 radical (unpaired) electrons. The normalized spacial score (nSPS) is 10.3. The molecule has 0 atom stereocenters. The van der Waals surface area contributed by atoms with Crippen molar-refractivity contribution in [3.05, 3.63) is 35.5 Å². The molecule has 0 bridgehead atoms. The molecule has 2 aromatic rings. The van der Waals surface area contributed by atoms with Gasteiger partial charge in [0.2, 0.25) is 0 Å². The Morgan fingerprint density at radius 3 is 2.33 bits per heavy atom. The van der Waals surface area contributed by atoms with Crippen molar-refractivity contribution < 1.29 is 19.7 Å². The summed E-state index contributed by atoms with van der Waals surface area (Å²) >= 11 is 0. The fourth-order valence-corrected chi connectivity index (χ4v) is 1.84. The lowest BCUT2D eigenvalue weighted by molar-refractivity contribution is 0.0693. The Kier molecular flexibility index (Phi) is 2.97. The smallest absolute Gasteiger partial charge is 0.341 e. The number of methoxy groups -OCH3 is 1. The number of aromatic amines is 1. The summed E-state index contributed by atoms with van der Waals surface area (Å²) in [4.78, 5) is 13.9. The van der Waals surface area contributed by atoms with Gasteiger partial charge in [-0.05, 0) is 31.2 Å². The Labute approximate surface area is 104 Å². The largest absolute Gasteiger partial charge is 0.505 e. The van der Waals surface area contributed by atoms with E-state index in [9.17, 15) is 9.90 Å². The van der Waals surface area contributed by atoms with Crippen LogP contribution in [0.25, 0.3) is 11.3 Å². The molecule has 0 saturated carbocycles. The number of carbonyl (C=O) groups is 1. The summed E-state index contributed by atoms with van der Waals surface area (Å²) in [7, 11) is 1.56. The van der Waals surface area contributed by atoms with Gasteiger partial charge in [-0.3, -0.25) is 0 Å². The molecule has 0 spiro atoms. The molecule has 2 rings (SSSR count). The highest BCUT2D eigenvalue weighted by Gasteiger charge is 2.20. The molecular weight excluding hydrogens is 234 g/mol. The molecule has 0 saturated heterocycles. The number of aromatic hydroxyl groups is 1. The van der Waals surface area contributed by atoms with Gasteiger partial charge in [0, 0.05) is 11.3 Å². The van der Waals surface area contributed by atoms with E-state index in [0.29, 0.717) is 22.7 Å². The zero-order valence-electron chi connectivity index (χ0n) is 10.0. The van der Waals surface area contributed by atoms with E-state index in [-0.39, 0.29) is 11.3 Å². The fraction of sp³-hybridized carbons (Fsp3) is 0.154. The summed E-state index contributed by atoms with van der Waals surface area (Å²) in [5.41, 5.74) is 1.42. The second kappa shape index (κ2) is 4.44. The van der Waals surface area contributed by atoms with Gasteiger partial charge in [-0.25, -0.2) is 4.79 Å². The number of hydrogen-bond donors (Lipinski definition) is 3. The second-order valence-electron chi connectivity index (χ2n) is 3.88. The Balaban J connectivity index is 2.50. The van der Waals surface area contributed by atoms with Crippen molar-refractivity contribution >= 4 is 5.97 Å². The van der Waals surface area contributed by atoms with Gasteiger partial charge in [-0.15, -0.1) is 0 Å². The minimum Gasteiger partial charge on any atom is -0.505 e. The summed E-state index contributed by atoms with van der Waals surface area (Å²) in [6, 6.07) is 6.97. The third kappa shape index (κ3) is 1.90. The van der Waals surface area contributed by atoms with E-state index < -0.39 is 5.97 Å². The predicted molar refractivity (Wildman–Crippen MR) is 66.1 cm³/mol. The predicted octanol–water partition coefficient (Wildman–Crippen LogP) is 2.40. The van der Waals surface area contributed by atoms with Crippen LogP contribution >= 0.6 is 0 Å². The van der Waals surface area contributed by atoms with E-state index in [4.69, 9.17) is 9.84 Å². The molecule has 0 unspecified atom stereocenters. The number of hydrogen-bond acceptors (Lipinski definition) is 3. The van der Waals surface area contributed by atoms with Crippen LogP contribution in [-0.4, -0.2) is 28.3 Å². The van der Waals surface area contributed by atoms with Crippen LogP contribution in [0.15, 0.2) is 24.3 Å². The zero-order valence-corrected chi connectivity index (χ0v) is 10.0. The maximum atomic E-state index is 11.0. The average molecular weight is 247 g/mol. The maximum absolute atomic E-state index is 11.0. The van der Waals surface area contributed by atoms with Crippen molar-refractivity contribution in [1.29, 1.82) is 0 Å². The summed E-state index contributed by atoms with van der Waals surface area (Å²) in [5.74, 6) is -0.703. The first kappa shape index (κ1) is 12.0. The average Bonchev–Trinajstić information content (AvgIpc) is 2.65. The Morgan fingerprint density at radius 2 is 1.89 bits per heavy atom. The van der Waals surface area contributed by atoms with Crippen LogP contribution in [0.1, 0.15) is 16.1 Å². The van der Waals surface area contributed by atoms with Gasteiger partial charge < -0.3 is 19.9 Å². The maximum Gasteiger partial charge on any atom is 0.341 e. The number of carboxylic acid groups (broad SMARTS) is 1. The number of nitrogens with one attached hydrogen (secondary N) is 1. The van der Waals surface area contributed by atoms with Crippen LogP contribution in [0.4, 0.5) is 0 Å². The number of aromatic nitrogens is 1. The zero-order chi connectivity index (χ0) is 13.3. The van der Waals surface area contributed by atoms with E-state index in [1.165, 1.54) is 0 Å². The quantitative estimate of drug-likeness (QED) is 0.777. The van der Waals surface area contributed by atoms with Gasteiger partial charge in [0.05, 0.1) is 12.8 Å². The molecule has 0 aliphatic heterocycles.